The summed E-state index contributed by atoms with van der Waals surface area (Å²) < 4.78 is 79.7. The third-order valence-electron chi connectivity index (χ3n) is 4.23. The van der Waals surface area contributed by atoms with Gasteiger partial charge in [-0.1, -0.05) is 13.8 Å². The Balaban J connectivity index is 5.37. The Morgan fingerprint density at radius 3 is 1.97 bits per heavy atom. The standard InChI is InChI=1S/C18H29F6N5O4/c1-9(2)13(28-10(3)30)14(32)29-11(6-4-5-7-27-16(25)26)12(31)8-33-15(17(19,20)21)18(22,23)24/h9,11,13,15H,4-8H2,1-3H3,(H,28,30)(H,29,32)(H4,25,26,27)/t11-,13-/m0/s1. The van der Waals surface area contributed by atoms with Crippen LogP contribution in [0.1, 0.15) is 40.0 Å². The van der Waals surface area contributed by atoms with Crippen LogP contribution in [0.2, 0.25) is 0 Å². The quantitative estimate of drug-likeness (QED) is 0.113. The van der Waals surface area contributed by atoms with E-state index in [9.17, 15) is 40.7 Å². The van der Waals surface area contributed by atoms with Crippen molar-refractivity contribution in [1.82, 2.24) is 16.0 Å². The normalized spacial score (nSPS) is 14.0. The first-order valence-corrected chi connectivity index (χ1v) is 9.89. The number of unbranched alkanes of at least 4 members (excludes halogenated alkanes) is 1. The van der Waals surface area contributed by atoms with Gasteiger partial charge in [0.2, 0.25) is 17.9 Å². The van der Waals surface area contributed by atoms with Crippen molar-refractivity contribution in [3.8, 4) is 0 Å². The van der Waals surface area contributed by atoms with Crippen molar-refractivity contribution in [3.05, 3.63) is 0 Å². The first kappa shape index (κ1) is 30.4. The number of alkyl halides is 6. The second kappa shape index (κ2) is 13.2. The summed E-state index contributed by atoms with van der Waals surface area (Å²) in [5.74, 6) is -3.33. The van der Waals surface area contributed by atoms with Crippen LogP contribution in [-0.4, -0.2) is 67.2 Å². The van der Waals surface area contributed by atoms with Crippen molar-refractivity contribution in [2.75, 3.05) is 13.2 Å². The average Bonchev–Trinajstić information content (AvgIpc) is 2.61. The highest BCUT2D eigenvalue weighted by Gasteiger charge is 2.58. The fourth-order valence-electron chi connectivity index (χ4n) is 2.67. The van der Waals surface area contributed by atoms with E-state index in [1.165, 1.54) is 0 Å². The Hall–Kier alpha value is -2.58. The summed E-state index contributed by atoms with van der Waals surface area (Å²) in [5.41, 5.74) is 5.11. The number of carbonyl (C=O) groups is 3. The zero-order valence-corrected chi connectivity index (χ0v) is 18.3. The molecule has 2 atom stereocenters. The lowest BCUT2D eigenvalue weighted by atomic mass is 10.0. The second-order valence-corrected chi connectivity index (χ2v) is 7.56. The Labute approximate surface area is 186 Å². The van der Waals surface area contributed by atoms with Crippen molar-refractivity contribution in [1.29, 1.82) is 5.41 Å². The van der Waals surface area contributed by atoms with E-state index in [0.29, 0.717) is 6.42 Å². The van der Waals surface area contributed by atoms with E-state index in [1.54, 1.807) is 13.8 Å². The van der Waals surface area contributed by atoms with E-state index in [2.05, 4.69) is 20.7 Å². The molecule has 0 aromatic carbocycles. The molecule has 0 heterocycles. The van der Waals surface area contributed by atoms with Gasteiger partial charge in [0.05, 0.1) is 6.04 Å². The molecule has 0 aromatic rings. The molecule has 0 rings (SSSR count). The molecular weight excluding hydrogens is 464 g/mol. The van der Waals surface area contributed by atoms with Gasteiger partial charge in [0.25, 0.3) is 0 Å². The number of hydrogen-bond acceptors (Lipinski definition) is 5. The van der Waals surface area contributed by atoms with Gasteiger partial charge in [-0.3, -0.25) is 19.8 Å². The van der Waals surface area contributed by atoms with E-state index >= 15 is 0 Å². The molecule has 0 fully saturated rings. The number of hydrogen-bond donors (Lipinski definition) is 5. The van der Waals surface area contributed by atoms with Gasteiger partial charge in [-0.15, -0.1) is 0 Å². The van der Waals surface area contributed by atoms with Crippen LogP contribution >= 0.6 is 0 Å². The fourth-order valence-corrected chi connectivity index (χ4v) is 2.67. The second-order valence-electron chi connectivity index (χ2n) is 7.56. The number of ether oxygens (including phenoxy) is 1. The summed E-state index contributed by atoms with van der Waals surface area (Å²) in [4.78, 5) is 36.2. The van der Waals surface area contributed by atoms with Crippen molar-refractivity contribution >= 4 is 23.6 Å². The van der Waals surface area contributed by atoms with Crippen molar-refractivity contribution < 1.29 is 45.5 Å². The molecule has 0 aliphatic rings. The maximum Gasteiger partial charge on any atom is 0.423 e. The first-order chi connectivity index (χ1) is 15.0. The van der Waals surface area contributed by atoms with E-state index in [4.69, 9.17) is 11.1 Å². The summed E-state index contributed by atoms with van der Waals surface area (Å²) in [6.07, 6.45) is -15.3. The summed E-state index contributed by atoms with van der Waals surface area (Å²) in [5, 5.41) is 14.2. The van der Waals surface area contributed by atoms with Gasteiger partial charge in [0.1, 0.15) is 12.6 Å². The fraction of sp³-hybridized carbons (Fsp3) is 0.778. The average molecular weight is 493 g/mol. The number of nitrogens with one attached hydrogen (secondary N) is 4. The monoisotopic (exact) mass is 493 g/mol. The molecule has 0 saturated heterocycles. The van der Waals surface area contributed by atoms with Gasteiger partial charge in [-0.25, -0.2) is 0 Å². The van der Waals surface area contributed by atoms with Crippen molar-refractivity contribution in [2.45, 2.75) is 70.6 Å². The predicted octanol–water partition coefficient (Wildman–Crippen LogP) is 1.36. The maximum absolute atomic E-state index is 12.6. The molecule has 15 heteroatoms. The van der Waals surface area contributed by atoms with Gasteiger partial charge < -0.3 is 26.4 Å². The topological polar surface area (TPSA) is 146 Å². The largest absolute Gasteiger partial charge is 0.423 e. The van der Waals surface area contributed by atoms with E-state index in [0.717, 1.165) is 6.92 Å². The number of amides is 2. The molecule has 9 nitrogen and oxygen atoms in total. The van der Waals surface area contributed by atoms with E-state index < -0.39 is 60.7 Å². The maximum atomic E-state index is 12.6. The van der Waals surface area contributed by atoms with Crippen LogP contribution in [0.3, 0.4) is 0 Å². The number of guanidine groups is 1. The van der Waals surface area contributed by atoms with Crippen LogP contribution in [0, 0.1) is 11.3 Å². The molecular formula is C18H29F6N5O4. The number of nitrogens with two attached hydrogens (primary N) is 1. The van der Waals surface area contributed by atoms with Gasteiger partial charge in [0, 0.05) is 13.5 Å². The SMILES string of the molecule is CC(=O)N[C@H](C(=O)N[C@@H](CCCCNC(=N)N)C(=O)COC(C(F)(F)F)C(F)(F)F)C(C)C. The predicted molar refractivity (Wildman–Crippen MR) is 105 cm³/mol. The van der Waals surface area contributed by atoms with Gasteiger partial charge in [-0.05, 0) is 25.2 Å². The van der Waals surface area contributed by atoms with Crippen LogP contribution in [-0.2, 0) is 19.1 Å². The van der Waals surface area contributed by atoms with Gasteiger partial charge in [-0.2, -0.15) is 26.3 Å². The smallest absolute Gasteiger partial charge is 0.370 e. The van der Waals surface area contributed by atoms with Crippen LogP contribution in [0.15, 0.2) is 0 Å². The van der Waals surface area contributed by atoms with Gasteiger partial charge >= 0.3 is 12.4 Å². The highest BCUT2D eigenvalue weighted by atomic mass is 19.4. The Bertz CT molecular complexity index is 670. The molecule has 0 aliphatic carbocycles. The molecule has 0 unspecified atom stereocenters. The third kappa shape index (κ3) is 12.3. The Morgan fingerprint density at radius 1 is 1.00 bits per heavy atom. The molecule has 0 aromatic heterocycles. The van der Waals surface area contributed by atoms with E-state index in [-0.39, 0.29) is 25.3 Å². The molecule has 6 N–H and O–H groups in total. The minimum atomic E-state index is -5.79. The van der Waals surface area contributed by atoms with Crippen LogP contribution in [0.5, 0.6) is 0 Å². The minimum Gasteiger partial charge on any atom is -0.370 e. The Morgan fingerprint density at radius 2 is 1.55 bits per heavy atom. The molecule has 0 saturated carbocycles. The Kier molecular flexibility index (Phi) is 12.2. The van der Waals surface area contributed by atoms with Gasteiger partial charge in [0.15, 0.2) is 11.7 Å². The lowest BCUT2D eigenvalue weighted by molar-refractivity contribution is -0.319. The number of halogens is 6. The number of carbonyl (C=O) groups excluding carboxylic acids is 3. The number of Topliss-reactive ketones (excluding diaryl/α,β-unsaturated/α-hetero) is 1. The summed E-state index contributed by atoms with van der Waals surface area (Å²) in [7, 11) is 0. The third-order valence-corrected chi connectivity index (χ3v) is 4.23. The van der Waals surface area contributed by atoms with Crippen molar-refractivity contribution in [3.63, 3.8) is 0 Å². The molecule has 192 valence electrons. The van der Waals surface area contributed by atoms with Crippen LogP contribution < -0.4 is 21.7 Å². The highest BCUT2D eigenvalue weighted by Crippen LogP contribution is 2.35. The molecule has 2 amide bonds. The zero-order valence-electron chi connectivity index (χ0n) is 18.3. The molecule has 33 heavy (non-hydrogen) atoms. The molecule has 0 bridgehead atoms. The highest BCUT2D eigenvalue weighted by molar-refractivity contribution is 5.93. The summed E-state index contributed by atoms with van der Waals surface area (Å²) in [6.45, 7) is 2.99. The molecule has 0 aliphatic heterocycles. The lowest BCUT2D eigenvalue weighted by Gasteiger charge is -2.26. The van der Waals surface area contributed by atoms with E-state index in [1.807, 2.05) is 0 Å². The number of rotatable bonds is 13. The first-order valence-electron chi connectivity index (χ1n) is 9.89. The zero-order chi connectivity index (χ0) is 26.0. The lowest BCUT2D eigenvalue weighted by Crippen LogP contribution is -2.54. The van der Waals surface area contributed by atoms with Crippen LogP contribution in [0.4, 0.5) is 26.3 Å². The van der Waals surface area contributed by atoms with Crippen molar-refractivity contribution in [2.24, 2.45) is 11.7 Å². The molecule has 0 spiro atoms. The minimum absolute atomic E-state index is 0.138. The summed E-state index contributed by atoms with van der Waals surface area (Å²) in [6, 6.07) is -2.55. The summed E-state index contributed by atoms with van der Waals surface area (Å²) >= 11 is 0. The molecule has 0 radical (unpaired) electrons. The van der Waals surface area contributed by atoms with Crippen LogP contribution in [0.25, 0.3) is 0 Å². The number of ketones is 1.